The van der Waals surface area contributed by atoms with E-state index in [4.69, 9.17) is 23.4 Å². The van der Waals surface area contributed by atoms with Crippen LogP contribution in [0.1, 0.15) is 29.5 Å². The number of Topliss-reactive ketones (excluding diaryl/α,β-unsaturated/α-hetero) is 1. The fourth-order valence-corrected chi connectivity index (χ4v) is 3.66. The maximum Gasteiger partial charge on any atom is 0.247 e. The second kappa shape index (κ2) is 9.33. The van der Waals surface area contributed by atoms with Gasteiger partial charge in [0.1, 0.15) is 11.9 Å². The summed E-state index contributed by atoms with van der Waals surface area (Å²) in [5.74, 6) is 1.57. The Morgan fingerprint density at radius 2 is 1.73 bits per heavy atom. The van der Waals surface area contributed by atoms with Gasteiger partial charge in [0.2, 0.25) is 23.3 Å². The average molecular weight is 452 g/mol. The molecule has 1 aliphatic heterocycles. The Labute approximate surface area is 190 Å². The highest BCUT2D eigenvalue weighted by Gasteiger charge is 2.33. The fourth-order valence-electron chi connectivity index (χ4n) is 3.66. The Morgan fingerprint density at radius 3 is 2.27 bits per heavy atom. The molecule has 0 saturated carbocycles. The number of phenols is 1. The third-order valence-electron chi connectivity index (χ3n) is 5.35. The summed E-state index contributed by atoms with van der Waals surface area (Å²) in [7, 11) is 4.38. The lowest BCUT2D eigenvalue weighted by atomic mass is 9.99. The third-order valence-corrected chi connectivity index (χ3v) is 5.35. The lowest BCUT2D eigenvalue weighted by molar-refractivity contribution is -0.136. The largest absolute Gasteiger partial charge is 0.502 e. The molecule has 9 nitrogen and oxygen atoms in total. The summed E-state index contributed by atoms with van der Waals surface area (Å²) in [4.78, 5) is 13.2. The zero-order valence-corrected chi connectivity index (χ0v) is 18.7. The molecule has 9 heteroatoms. The first-order chi connectivity index (χ1) is 15.9. The van der Waals surface area contributed by atoms with Crippen LogP contribution in [0.5, 0.6) is 17.2 Å². The van der Waals surface area contributed by atoms with Crippen LogP contribution in [0, 0.1) is 6.92 Å². The van der Waals surface area contributed by atoms with Gasteiger partial charge in [0.15, 0.2) is 17.6 Å². The smallest absolute Gasteiger partial charge is 0.247 e. The molecule has 2 heterocycles. The molecule has 0 fully saturated rings. The molecule has 0 radical (unpaired) electrons. The maximum atomic E-state index is 13.2. The van der Waals surface area contributed by atoms with Crippen LogP contribution in [-0.2, 0) is 14.3 Å². The molecule has 0 saturated heterocycles. The molecule has 33 heavy (non-hydrogen) atoms. The van der Waals surface area contributed by atoms with Gasteiger partial charge in [-0.1, -0.05) is 12.1 Å². The number of ketones is 1. The van der Waals surface area contributed by atoms with E-state index in [1.165, 1.54) is 21.3 Å². The Hall–Kier alpha value is -3.85. The van der Waals surface area contributed by atoms with E-state index < -0.39 is 12.2 Å². The molecule has 1 aromatic heterocycles. The number of carbonyl (C=O) groups is 1. The van der Waals surface area contributed by atoms with Crippen molar-refractivity contribution in [2.75, 3.05) is 21.3 Å². The zero-order valence-electron chi connectivity index (χ0n) is 18.7. The Kier molecular flexibility index (Phi) is 6.32. The molecule has 1 aliphatic rings. The van der Waals surface area contributed by atoms with Crippen molar-refractivity contribution < 1.29 is 33.3 Å². The Balaban J connectivity index is 1.49. The van der Waals surface area contributed by atoms with E-state index in [9.17, 15) is 9.90 Å². The molecule has 2 aromatic carbocycles. The van der Waals surface area contributed by atoms with Crippen molar-refractivity contribution >= 4 is 11.5 Å². The van der Waals surface area contributed by atoms with Crippen molar-refractivity contribution in [3.05, 3.63) is 59.5 Å². The van der Waals surface area contributed by atoms with Gasteiger partial charge in [-0.3, -0.25) is 4.79 Å². The summed E-state index contributed by atoms with van der Waals surface area (Å²) in [6.07, 6.45) is 0.694. The van der Waals surface area contributed by atoms with E-state index in [1.807, 2.05) is 6.08 Å². The van der Waals surface area contributed by atoms with Crippen LogP contribution in [0.25, 0.3) is 17.2 Å². The second-order valence-electron chi connectivity index (χ2n) is 7.41. The number of nitrogens with zero attached hydrogens (tertiary/aromatic N) is 2. The van der Waals surface area contributed by atoms with E-state index >= 15 is 0 Å². The first kappa shape index (κ1) is 22.3. The summed E-state index contributed by atoms with van der Waals surface area (Å²) in [6.45, 7) is 1.72. The summed E-state index contributed by atoms with van der Waals surface area (Å²) < 4.78 is 27.3. The average Bonchev–Trinajstić information content (AvgIpc) is 3.50. The lowest BCUT2D eigenvalue weighted by Gasteiger charge is -2.20. The van der Waals surface area contributed by atoms with Crippen LogP contribution in [0.15, 0.2) is 46.9 Å². The van der Waals surface area contributed by atoms with Crippen LogP contribution < -0.4 is 9.47 Å². The van der Waals surface area contributed by atoms with Crippen LogP contribution in [-0.4, -0.2) is 48.5 Å². The van der Waals surface area contributed by atoms with E-state index in [-0.39, 0.29) is 23.0 Å². The summed E-state index contributed by atoms with van der Waals surface area (Å²) in [6, 6.07) is 10.4. The van der Waals surface area contributed by atoms with Crippen LogP contribution in [0.3, 0.4) is 0 Å². The standard InChI is InChI=1S/C24H24N2O7/c1-13-25-26-24(32-13)15-7-5-14(6-8-15)23(31-4)22(28)18-10-9-17(33-18)16-11-19(29-2)21(27)20(12-16)30-3/h5-9,11-12,18,23,27H,10H2,1-4H3. The molecule has 172 valence electrons. The van der Waals surface area contributed by atoms with Gasteiger partial charge in [0, 0.05) is 31.6 Å². The molecular weight excluding hydrogens is 428 g/mol. The van der Waals surface area contributed by atoms with E-state index in [0.29, 0.717) is 35.1 Å². The number of carbonyl (C=O) groups excluding carboxylic acids is 1. The van der Waals surface area contributed by atoms with Crippen molar-refractivity contribution in [3.8, 4) is 28.7 Å². The van der Waals surface area contributed by atoms with Gasteiger partial charge in [-0.15, -0.1) is 10.2 Å². The highest BCUT2D eigenvalue weighted by atomic mass is 16.5. The van der Waals surface area contributed by atoms with Gasteiger partial charge in [0.25, 0.3) is 0 Å². The van der Waals surface area contributed by atoms with Crippen LogP contribution >= 0.6 is 0 Å². The number of hydrogen-bond acceptors (Lipinski definition) is 9. The normalized spacial score (nSPS) is 16.1. The number of rotatable bonds is 8. The highest BCUT2D eigenvalue weighted by Crippen LogP contribution is 2.41. The van der Waals surface area contributed by atoms with E-state index in [0.717, 1.165) is 5.56 Å². The van der Waals surface area contributed by atoms with Crippen molar-refractivity contribution in [3.63, 3.8) is 0 Å². The monoisotopic (exact) mass is 452 g/mol. The van der Waals surface area contributed by atoms with Crippen molar-refractivity contribution in [1.82, 2.24) is 10.2 Å². The number of ether oxygens (including phenoxy) is 4. The number of aromatic nitrogens is 2. The molecule has 2 atom stereocenters. The SMILES string of the molecule is COc1cc(C2=CCC(C(=O)C(OC)c3ccc(-c4nnc(C)o4)cc3)O2)cc(OC)c1O. The molecule has 0 bridgehead atoms. The van der Waals surface area contributed by atoms with Gasteiger partial charge >= 0.3 is 0 Å². The van der Waals surface area contributed by atoms with Gasteiger partial charge < -0.3 is 28.5 Å². The van der Waals surface area contributed by atoms with Crippen LogP contribution in [0.2, 0.25) is 0 Å². The van der Waals surface area contributed by atoms with Crippen molar-refractivity contribution in [2.24, 2.45) is 0 Å². The summed E-state index contributed by atoms with van der Waals surface area (Å²) in [5.41, 5.74) is 2.07. The van der Waals surface area contributed by atoms with E-state index in [2.05, 4.69) is 10.2 Å². The molecule has 1 N–H and O–H groups in total. The molecule has 4 rings (SSSR count). The van der Waals surface area contributed by atoms with Gasteiger partial charge in [-0.2, -0.15) is 0 Å². The zero-order chi connectivity index (χ0) is 23.5. The first-order valence-corrected chi connectivity index (χ1v) is 10.2. The number of methoxy groups -OCH3 is 3. The second-order valence-corrected chi connectivity index (χ2v) is 7.41. The fraction of sp³-hybridized carbons (Fsp3) is 0.292. The predicted molar refractivity (Wildman–Crippen MR) is 118 cm³/mol. The molecule has 0 aliphatic carbocycles. The lowest BCUT2D eigenvalue weighted by Crippen LogP contribution is -2.27. The van der Waals surface area contributed by atoms with Crippen LogP contribution in [0.4, 0.5) is 0 Å². The van der Waals surface area contributed by atoms with Gasteiger partial charge in [0.05, 0.1) is 14.2 Å². The number of benzene rings is 2. The summed E-state index contributed by atoms with van der Waals surface area (Å²) >= 11 is 0. The maximum absolute atomic E-state index is 13.2. The topological polar surface area (TPSA) is 113 Å². The number of hydrogen-bond donors (Lipinski definition) is 1. The third kappa shape index (κ3) is 4.40. The van der Waals surface area contributed by atoms with Crippen molar-refractivity contribution in [1.29, 1.82) is 0 Å². The minimum atomic E-state index is -0.801. The molecule has 0 spiro atoms. The minimum absolute atomic E-state index is 0.103. The quantitative estimate of drug-likeness (QED) is 0.544. The minimum Gasteiger partial charge on any atom is -0.502 e. The highest BCUT2D eigenvalue weighted by molar-refractivity contribution is 5.90. The van der Waals surface area contributed by atoms with Crippen molar-refractivity contribution in [2.45, 2.75) is 25.6 Å². The Morgan fingerprint density at radius 1 is 1.06 bits per heavy atom. The number of aryl methyl sites for hydroxylation is 1. The molecule has 0 amide bonds. The van der Waals surface area contributed by atoms with Gasteiger partial charge in [-0.05, 0) is 35.9 Å². The first-order valence-electron chi connectivity index (χ1n) is 10.2. The van der Waals surface area contributed by atoms with E-state index in [1.54, 1.807) is 43.3 Å². The number of phenolic OH excluding ortho intramolecular Hbond substituents is 1. The van der Waals surface area contributed by atoms with Gasteiger partial charge in [-0.25, -0.2) is 0 Å². The molecule has 2 unspecified atom stereocenters. The Bertz CT molecular complexity index is 1160. The molecule has 3 aromatic rings. The summed E-state index contributed by atoms with van der Waals surface area (Å²) in [5, 5.41) is 18.0. The molecular formula is C24H24N2O7. The number of aromatic hydroxyl groups is 1. The predicted octanol–water partition coefficient (Wildman–Crippen LogP) is 3.85.